The highest BCUT2D eigenvalue weighted by Crippen LogP contribution is 2.33. The van der Waals surface area contributed by atoms with Gasteiger partial charge in [0.15, 0.2) is 5.82 Å². The van der Waals surface area contributed by atoms with Crippen LogP contribution in [0.15, 0.2) is 55.1 Å². The van der Waals surface area contributed by atoms with E-state index in [0.717, 1.165) is 29.7 Å². The number of imidazole rings is 1. The lowest BCUT2D eigenvalue weighted by molar-refractivity contribution is 0.0498. The lowest BCUT2D eigenvalue weighted by Crippen LogP contribution is -2.52. The van der Waals surface area contributed by atoms with Crippen LogP contribution in [0.5, 0.6) is 0 Å². The molecule has 10 nitrogen and oxygen atoms in total. The third-order valence-corrected chi connectivity index (χ3v) is 6.34. The number of rotatable bonds is 5. The summed E-state index contributed by atoms with van der Waals surface area (Å²) in [4.78, 5) is 27.6. The SMILES string of the molecule is C[C@@H]1CC[C@H](NC(=O)OC(C)(C)C)CN1c1ccncc1Nc1ncc2ccc(-c3ncccc3F)nn12. The molecule has 1 aliphatic heterocycles. The first kappa shape index (κ1) is 25.4. The number of carbonyl (C=O) groups is 1. The first-order valence-corrected chi connectivity index (χ1v) is 12.6. The number of pyridine rings is 2. The molecule has 2 atom stereocenters. The van der Waals surface area contributed by atoms with E-state index in [9.17, 15) is 9.18 Å². The summed E-state index contributed by atoms with van der Waals surface area (Å²) in [7, 11) is 0. The van der Waals surface area contributed by atoms with Gasteiger partial charge in [-0.15, -0.1) is 0 Å². The zero-order valence-electron chi connectivity index (χ0n) is 21.8. The minimum atomic E-state index is -0.558. The molecule has 0 unspecified atom stereocenters. The molecular formula is C27H31FN8O2. The Bertz CT molecular complexity index is 1450. The van der Waals surface area contributed by atoms with Crippen LogP contribution < -0.4 is 15.5 Å². The summed E-state index contributed by atoms with van der Waals surface area (Å²) < 4.78 is 21.4. The van der Waals surface area contributed by atoms with Gasteiger partial charge in [-0.05, 0) is 70.9 Å². The van der Waals surface area contributed by atoms with Gasteiger partial charge in [0, 0.05) is 31.0 Å². The van der Waals surface area contributed by atoms with Crippen LogP contribution in [0.1, 0.15) is 40.5 Å². The number of anilines is 3. The monoisotopic (exact) mass is 518 g/mol. The van der Waals surface area contributed by atoms with Crippen molar-refractivity contribution in [1.82, 2.24) is 29.9 Å². The summed E-state index contributed by atoms with van der Waals surface area (Å²) >= 11 is 0. The molecule has 4 aromatic rings. The fraction of sp³-hybridized carbons (Fsp3) is 0.370. The normalized spacial score (nSPS) is 17.9. The molecule has 0 spiro atoms. The van der Waals surface area contributed by atoms with E-state index in [2.05, 4.69) is 42.5 Å². The number of alkyl carbamates (subject to hydrolysis) is 1. The van der Waals surface area contributed by atoms with Crippen LogP contribution in [0.3, 0.4) is 0 Å². The predicted octanol–water partition coefficient (Wildman–Crippen LogP) is 4.95. The fourth-order valence-electron chi connectivity index (χ4n) is 4.56. The molecule has 38 heavy (non-hydrogen) atoms. The van der Waals surface area contributed by atoms with E-state index in [-0.39, 0.29) is 17.8 Å². The van der Waals surface area contributed by atoms with Gasteiger partial charge in [-0.1, -0.05) is 0 Å². The maximum Gasteiger partial charge on any atom is 0.407 e. The van der Waals surface area contributed by atoms with E-state index >= 15 is 0 Å². The van der Waals surface area contributed by atoms with Crippen LogP contribution in [0.2, 0.25) is 0 Å². The first-order valence-electron chi connectivity index (χ1n) is 12.6. The van der Waals surface area contributed by atoms with Gasteiger partial charge in [0.05, 0.1) is 29.3 Å². The van der Waals surface area contributed by atoms with E-state index in [1.165, 1.54) is 12.3 Å². The number of nitrogens with zero attached hydrogens (tertiary/aromatic N) is 6. The van der Waals surface area contributed by atoms with Gasteiger partial charge < -0.3 is 20.3 Å². The summed E-state index contributed by atoms with van der Waals surface area (Å²) in [5.41, 5.74) is 2.40. The van der Waals surface area contributed by atoms with Gasteiger partial charge in [-0.2, -0.15) is 9.61 Å². The highest BCUT2D eigenvalue weighted by atomic mass is 19.1. The Hall–Kier alpha value is -4.28. The molecular weight excluding hydrogens is 487 g/mol. The van der Waals surface area contributed by atoms with Crippen LogP contribution in [-0.2, 0) is 4.74 Å². The summed E-state index contributed by atoms with van der Waals surface area (Å²) in [6.45, 7) is 8.32. The molecule has 0 aromatic carbocycles. The Balaban J connectivity index is 1.40. The number of nitrogens with one attached hydrogen (secondary N) is 2. The predicted molar refractivity (Wildman–Crippen MR) is 143 cm³/mol. The van der Waals surface area contributed by atoms with Crippen molar-refractivity contribution < 1.29 is 13.9 Å². The molecule has 0 saturated carbocycles. The van der Waals surface area contributed by atoms with Crippen LogP contribution in [0, 0.1) is 5.82 Å². The zero-order valence-corrected chi connectivity index (χ0v) is 21.8. The van der Waals surface area contributed by atoms with E-state index in [1.54, 1.807) is 35.2 Å². The van der Waals surface area contributed by atoms with Crippen LogP contribution >= 0.6 is 0 Å². The number of aromatic nitrogens is 5. The number of hydrogen-bond donors (Lipinski definition) is 2. The van der Waals surface area contributed by atoms with E-state index in [4.69, 9.17) is 4.74 Å². The smallest absolute Gasteiger partial charge is 0.407 e. The van der Waals surface area contributed by atoms with Crippen molar-refractivity contribution in [2.75, 3.05) is 16.8 Å². The third-order valence-electron chi connectivity index (χ3n) is 6.34. The fourth-order valence-corrected chi connectivity index (χ4v) is 4.56. The van der Waals surface area contributed by atoms with Crippen molar-refractivity contribution in [2.24, 2.45) is 0 Å². The van der Waals surface area contributed by atoms with Crippen molar-refractivity contribution in [1.29, 1.82) is 0 Å². The molecule has 1 fully saturated rings. The minimum Gasteiger partial charge on any atom is -0.444 e. The molecule has 2 N–H and O–H groups in total. The van der Waals surface area contributed by atoms with Crippen LogP contribution in [0.25, 0.3) is 16.9 Å². The van der Waals surface area contributed by atoms with Gasteiger partial charge in [-0.25, -0.2) is 14.2 Å². The Morgan fingerprint density at radius 2 is 1.95 bits per heavy atom. The summed E-state index contributed by atoms with van der Waals surface area (Å²) in [6.07, 6.45) is 8.03. The first-order chi connectivity index (χ1) is 18.2. The van der Waals surface area contributed by atoms with E-state index in [0.29, 0.717) is 18.2 Å². The van der Waals surface area contributed by atoms with Crippen LogP contribution in [-0.4, -0.2) is 54.9 Å². The second kappa shape index (κ2) is 10.2. The molecule has 11 heteroatoms. The van der Waals surface area contributed by atoms with Crippen LogP contribution in [0.4, 0.5) is 26.5 Å². The lowest BCUT2D eigenvalue weighted by atomic mass is 9.98. The zero-order chi connectivity index (χ0) is 26.9. The lowest BCUT2D eigenvalue weighted by Gasteiger charge is -2.40. The van der Waals surface area contributed by atoms with Crippen molar-refractivity contribution in [2.45, 2.75) is 58.2 Å². The number of hydrogen-bond acceptors (Lipinski definition) is 8. The highest BCUT2D eigenvalue weighted by Gasteiger charge is 2.29. The molecule has 1 saturated heterocycles. The highest BCUT2D eigenvalue weighted by molar-refractivity contribution is 5.74. The van der Waals surface area contributed by atoms with Gasteiger partial charge in [0.2, 0.25) is 5.95 Å². The van der Waals surface area contributed by atoms with Gasteiger partial charge in [0.25, 0.3) is 0 Å². The summed E-state index contributed by atoms with van der Waals surface area (Å²) in [5, 5.41) is 10.9. The molecule has 1 aliphatic rings. The number of carbonyl (C=O) groups excluding carboxylic acids is 1. The topological polar surface area (TPSA) is 110 Å². The summed E-state index contributed by atoms with van der Waals surface area (Å²) in [6, 6.07) is 8.55. The number of halogens is 1. The molecule has 0 bridgehead atoms. The second-order valence-corrected chi connectivity index (χ2v) is 10.4. The number of ether oxygens (including phenoxy) is 1. The van der Waals surface area contributed by atoms with Crippen molar-refractivity contribution in [3.8, 4) is 11.4 Å². The van der Waals surface area contributed by atoms with Gasteiger partial charge in [-0.3, -0.25) is 9.97 Å². The molecule has 0 radical (unpaired) electrons. The Morgan fingerprint density at radius 1 is 1.11 bits per heavy atom. The second-order valence-electron chi connectivity index (χ2n) is 10.4. The molecule has 198 valence electrons. The number of piperidine rings is 1. The molecule has 5 rings (SSSR count). The summed E-state index contributed by atoms with van der Waals surface area (Å²) in [5.74, 6) is 0.0117. The minimum absolute atomic E-state index is 0.0631. The Morgan fingerprint density at radius 3 is 2.74 bits per heavy atom. The van der Waals surface area contributed by atoms with Crippen molar-refractivity contribution in [3.63, 3.8) is 0 Å². The van der Waals surface area contributed by atoms with E-state index in [1.807, 2.05) is 32.9 Å². The third kappa shape index (κ3) is 5.51. The van der Waals surface area contributed by atoms with Crippen molar-refractivity contribution in [3.05, 3.63) is 60.9 Å². The molecule has 4 aromatic heterocycles. The number of fused-ring (bicyclic) bond motifs is 1. The largest absolute Gasteiger partial charge is 0.444 e. The average Bonchev–Trinajstić information content (AvgIpc) is 3.27. The molecule has 1 amide bonds. The van der Waals surface area contributed by atoms with Gasteiger partial charge in [0.1, 0.15) is 17.0 Å². The molecule has 0 aliphatic carbocycles. The van der Waals surface area contributed by atoms with E-state index < -0.39 is 17.5 Å². The standard InChI is InChI=1S/C27H31FN8O2/c1-17-7-8-18(32-26(37)38-27(2,3)4)16-35(17)23-11-13-29-15-22(23)33-25-31-14-19-9-10-21(34-36(19)25)24-20(28)6-5-12-30-24/h5-6,9-15,17-18H,7-8,16H2,1-4H3,(H,31,33)(H,32,37)/t17-,18+/m1/s1. The number of amides is 1. The quantitative estimate of drug-likeness (QED) is 0.382. The van der Waals surface area contributed by atoms with Crippen molar-refractivity contribution >= 4 is 28.9 Å². The Labute approximate surface area is 220 Å². The Kier molecular flexibility index (Phi) is 6.83. The maximum absolute atomic E-state index is 14.3. The van der Waals surface area contributed by atoms with Gasteiger partial charge >= 0.3 is 6.09 Å². The maximum atomic E-state index is 14.3. The molecule has 5 heterocycles. The average molecular weight is 519 g/mol.